The number of aliphatic carboxylic acids is 2. The average Bonchev–Trinajstić information content (AvgIpc) is 3.30. The van der Waals surface area contributed by atoms with Crippen molar-refractivity contribution in [2.75, 3.05) is 13.2 Å². The van der Waals surface area contributed by atoms with Crippen molar-refractivity contribution < 1.29 is 38.9 Å². The van der Waals surface area contributed by atoms with Crippen LogP contribution in [0.3, 0.4) is 0 Å². The van der Waals surface area contributed by atoms with Gasteiger partial charge in [0.25, 0.3) is 0 Å². The van der Waals surface area contributed by atoms with E-state index in [-0.39, 0.29) is 34.0 Å². The van der Waals surface area contributed by atoms with Crippen LogP contribution in [0, 0.1) is 0 Å². The Bertz CT molecular complexity index is 1070. The van der Waals surface area contributed by atoms with E-state index in [1.54, 1.807) is 33.1 Å². The van der Waals surface area contributed by atoms with Crippen molar-refractivity contribution in [3.8, 4) is 0 Å². The van der Waals surface area contributed by atoms with E-state index < -0.39 is 23.9 Å². The molecule has 0 aliphatic carbocycles. The molecule has 0 spiro atoms. The maximum absolute atomic E-state index is 12.4. The number of esters is 2. The molecule has 0 bridgehead atoms. The quantitative estimate of drug-likeness (QED) is 0.0359. The predicted octanol–water partition coefficient (Wildman–Crippen LogP) is 15.2. The third kappa shape index (κ3) is 56.1. The summed E-state index contributed by atoms with van der Waals surface area (Å²) in [5.41, 5.74) is 0.586. The molecule has 9 heteroatoms. The third-order valence-electron chi connectivity index (χ3n) is 11.2. The van der Waals surface area contributed by atoms with Crippen LogP contribution in [-0.2, 0) is 19.1 Å². The molecule has 65 heavy (non-hydrogen) atoms. The van der Waals surface area contributed by atoms with Crippen molar-refractivity contribution in [1.29, 1.82) is 0 Å². The fourth-order valence-electron chi connectivity index (χ4n) is 6.98. The Morgan fingerprint density at radius 1 is 0.369 bits per heavy atom. The van der Waals surface area contributed by atoms with E-state index in [2.05, 4.69) is 41.5 Å². The van der Waals surface area contributed by atoms with Gasteiger partial charge in [-0.15, -0.1) is 0 Å². The number of rotatable bonds is 42. The van der Waals surface area contributed by atoms with Gasteiger partial charge in [0, 0.05) is 11.9 Å². The molecule has 0 aliphatic heterocycles. The summed E-state index contributed by atoms with van der Waals surface area (Å²) in [4.78, 5) is 44.9. The fraction of sp³-hybridized carbons (Fsp3) is 0.821. The maximum atomic E-state index is 12.4. The molecule has 0 unspecified atom stereocenters. The van der Waals surface area contributed by atoms with Gasteiger partial charge < -0.3 is 29.3 Å². The SMILES string of the molecule is CCCCCCCCCCCC(=O)[O-].CCCCCCCCCCCC(=O)[O-].CCCCCCCCOC(=O)c1ccccc1C(=O)OCCCCCCCC.CCC[CH2][Sn+2][CH2]CCC. The van der Waals surface area contributed by atoms with E-state index in [1.165, 1.54) is 167 Å². The van der Waals surface area contributed by atoms with Gasteiger partial charge in [0.1, 0.15) is 0 Å². The zero-order valence-corrected chi connectivity index (χ0v) is 46.2. The molecule has 1 aromatic carbocycles. The zero-order chi connectivity index (χ0) is 48.7. The molecule has 0 saturated heterocycles. The Hall–Kier alpha value is -2.10. The van der Waals surface area contributed by atoms with Crippen LogP contribution in [0.25, 0.3) is 0 Å². The first kappa shape index (κ1) is 67.2. The number of unbranched alkanes of at least 4 members (excludes halogenated alkanes) is 28. The topological polar surface area (TPSA) is 133 Å². The molecule has 0 heterocycles. The van der Waals surface area contributed by atoms with Crippen molar-refractivity contribution in [2.45, 2.75) is 282 Å². The summed E-state index contributed by atoms with van der Waals surface area (Å²) in [6.45, 7) is 14.2. The molecule has 1 aromatic rings. The molecular formula is C56H102O8Sn. The zero-order valence-electron chi connectivity index (χ0n) is 43.4. The minimum absolute atomic E-state index is 0.149. The Morgan fingerprint density at radius 3 is 0.877 bits per heavy atom. The molecule has 0 N–H and O–H groups in total. The van der Waals surface area contributed by atoms with Gasteiger partial charge in [-0.2, -0.15) is 0 Å². The molecule has 8 nitrogen and oxygen atoms in total. The monoisotopic (exact) mass is 1020 g/mol. The van der Waals surface area contributed by atoms with Gasteiger partial charge >= 0.3 is 81.5 Å². The number of benzene rings is 1. The Balaban J connectivity index is -0.000000874. The van der Waals surface area contributed by atoms with Crippen molar-refractivity contribution in [1.82, 2.24) is 0 Å². The van der Waals surface area contributed by atoms with E-state index in [4.69, 9.17) is 9.47 Å². The van der Waals surface area contributed by atoms with Crippen LogP contribution in [0.15, 0.2) is 24.3 Å². The average molecular weight is 1020 g/mol. The van der Waals surface area contributed by atoms with Crippen molar-refractivity contribution in [3.05, 3.63) is 35.4 Å². The Labute approximate surface area is 412 Å². The molecule has 0 saturated carbocycles. The standard InChI is InChI=1S/C24H38O4.2C12H24O2.2C4H9.Sn/c1-3-5-7-9-11-15-19-27-23(25)21-17-13-14-18-22(21)24(26)28-20-16-12-10-8-6-4-2;2*1-2-3-4-5-6-7-8-9-10-11-12(13)14;2*1-3-4-2;/h13-14,17-18H,3-12,15-16,19-20H2,1-2H3;2*2-11H2,1H3,(H,13,14);2*1,3-4H2,2H3;/q;;;;;+2/p-2. The number of carbonyl (C=O) groups is 4. The van der Waals surface area contributed by atoms with Gasteiger partial charge in [-0.1, -0.05) is 207 Å². The van der Waals surface area contributed by atoms with E-state index in [0.29, 0.717) is 24.3 Å². The van der Waals surface area contributed by atoms with Crippen LogP contribution < -0.4 is 10.2 Å². The number of ether oxygens (including phenoxy) is 2. The summed E-state index contributed by atoms with van der Waals surface area (Å²) in [5.74, 6) is -2.71. The van der Waals surface area contributed by atoms with E-state index in [1.807, 2.05) is 0 Å². The first-order valence-corrected chi connectivity index (χ1v) is 31.2. The molecule has 1 rings (SSSR count). The van der Waals surface area contributed by atoms with Gasteiger partial charge in [0.15, 0.2) is 0 Å². The summed E-state index contributed by atoms with van der Waals surface area (Å²) in [5, 5.41) is 20.2. The van der Waals surface area contributed by atoms with Gasteiger partial charge in [0.05, 0.1) is 24.3 Å². The van der Waals surface area contributed by atoms with Gasteiger partial charge in [-0.3, -0.25) is 0 Å². The normalized spacial score (nSPS) is 10.3. The van der Waals surface area contributed by atoms with Crippen molar-refractivity contribution in [3.63, 3.8) is 0 Å². The van der Waals surface area contributed by atoms with E-state index in [0.717, 1.165) is 51.4 Å². The van der Waals surface area contributed by atoms with Crippen LogP contribution in [0.5, 0.6) is 0 Å². The molecule has 0 amide bonds. The fourth-order valence-corrected chi connectivity index (χ4v) is 11.1. The first-order chi connectivity index (χ1) is 31.7. The number of hydrogen-bond acceptors (Lipinski definition) is 8. The second-order valence-electron chi connectivity index (χ2n) is 17.7. The van der Waals surface area contributed by atoms with Crippen LogP contribution in [-0.4, -0.2) is 58.2 Å². The van der Waals surface area contributed by atoms with Gasteiger partial charge in [0.2, 0.25) is 0 Å². The van der Waals surface area contributed by atoms with Crippen LogP contribution in [0.4, 0.5) is 0 Å². The molecule has 0 atom stereocenters. The summed E-state index contributed by atoms with van der Waals surface area (Å²) in [7, 11) is 0. The first-order valence-electron chi connectivity index (χ1n) is 27.2. The van der Waals surface area contributed by atoms with Crippen molar-refractivity contribution in [2.24, 2.45) is 0 Å². The summed E-state index contributed by atoms with van der Waals surface area (Å²) in [6.07, 6.45) is 41.8. The molecule has 0 fully saturated rings. The van der Waals surface area contributed by atoms with E-state index >= 15 is 0 Å². The number of carbonyl (C=O) groups excluding carboxylic acids is 4. The van der Waals surface area contributed by atoms with Crippen LogP contribution in [0.2, 0.25) is 8.87 Å². The number of carboxylic acids is 2. The minimum atomic E-state index is -0.909. The second-order valence-corrected chi connectivity index (χ2v) is 22.0. The summed E-state index contributed by atoms with van der Waals surface area (Å²) in [6, 6.07) is 6.74. The molecule has 0 aliphatic rings. The Kier molecular flexibility index (Phi) is 60.0. The van der Waals surface area contributed by atoms with E-state index in [9.17, 15) is 29.4 Å². The van der Waals surface area contributed by atoms with Gasteiger partial charge in [-0.25, -0.2) is 9.59 Å². The summed E-state index contributed by atoms with van der Waals surface area (Å²) < 4.78 is 14.0. The molecule has 0 aromatic heterocycles. The Morgan fingerprint density at radius 2 is 0.615 bits per heavy atom. The summed E-state index contributed by atoms with van der Waals surface area (Å²) >= 11 is 0.149. The predicted molar refractivity (Wildman–Crippen MR) is 273 cm³/mol. The number of carboxylic acid groups (broad SMARTS) is 2. The molecule has 378 valence electrons. The van der Waals surface area contributed by atoms with Crippen molar-refractivity contribution >= 4 is 45.0 Å². The van der Waals surface area contributed by atoms with Crippen LogP contribution >= 0.6 is 0 Å². The molecule has 0 radical (unpaired) electrons. The van der Waals surface area contributed by atoms with Gasteiger partial charge in [-0.05, 0) is 50.7 Å². The van der Waals surface area contributed by atoms with Crippen LogP contribution in [0.1, 0.15) is 293 Å². The molecular weight excluding hydrogens is 919 g/mol. The second kappa shape index (κ2) is 58.0. The third-order valence-corrected chi connectivity index (χ3v) is 15.2. The number of hydrogen-bond donors (Lipinski definition) is 0.